The first-order chi connectivity index (χ1) is 16.6. The summed E-state index contributed by atoms with van der Waals surface area (Å²) in [6.45, 7) is 11.3. The zero-order chi connectivity index (χ0) is 23.5. The summed E-state index contributed by atoms with van der Waals surface area (Å²) < 4.78 is 5.45. The Morgan fingerprint density at radius 2 is 1.74 bits per heavy atom. The quantitative estimate of drug-likeness (QED) is 0.694. The molecule has 0 saturated carbocycles. The summed E-state index contributed by atoms with van der Waals surface area (Å²) >= 11 is 0. The zero-order valence-corrected chi connectivity index (χ0v) is 20.2. The average molecular weight is 463 g/mol. The lowest BCUT2D eigenvalue weighted by Crippen LogP contribution is -2.72. The van der Waals surface area contributed by atoms with Crippen molar-refractivity contribution in [3.8, 4) is 6.07 Å². The number of piperazine rings is 1. The molecule has 180 valence electrons. The second-order valence-electron chi connectivity index (χ2n) is 9.68. The van der Waals surface area contributed by atoms with Crippen LogP contribution in [0, 0.1) is 18.3 Å². The average Bonchev–Trinajstić information content (AvgIpc) is 2.84. The third kappa shape index (κ3) is 4.67. The van der Waals surface area contributed by atoms with Gasteiger partial charge >= 0.3 is 0 Å². The zero-order valence-electron chi connectivity index (χ0n) is 20.2. The number of rotatable bonds is 6. The Morgan fingerprint density at radius 3 is 2.41 bits per heavy atom. The molecule has 1 aromatic carbocycles. The highest BCUT2D eigenvalue weighted by atomic mass is 16.5. The van der Waals surface area contributed by atoms with Crippen LogP contribution < -0.4 is 15.1 Å². The van der Waals surface area contributed by atoms with E-state index in [4.69, 9.17) is 9.72 Å². The topological polar surface area (TPSA) is 83.8 Å². The summed E-state index contributed by atoms with van der Waals surface area (Å²) in [4.78, 5) is 18.9. The minimum Gasteiger partial charge on any atom is -0.378 e. The molecule has 1 aromatic heterocycles. The molecule has 0 aliphatic carbocycles. The highest BCUT2D eigenvalue weighted by molar-refractivity contribution is 5.61. The maximum atomic E-state index is 9.52. The molecule has 9 nitrogen and oxygen atoms in total. The number of nitrogens with one attached hydrogen (secondary N) is 1. The number of nitrogens with zero attached hydrogens (tertiary/aromatic N) is 7. The fourth-order valence-corrected chi connectivity index (χ4v) is 5.19. The van der Waals surface area contributed by atoms with Crippen molar-refractivity contribution in [3.05, 3.63) is 36.0 Å². The van der Waals surface area contributed by atoms with Crippen molar-refractivity contribution in [1.29, 1.82) is 5.26 Å². The van der Waals surface area contributed by atoms with E-state index < -0.39 is 0 Å². The van der Waals surface area contributed by atoms with Crippen molar-refractivity contribution in [2.24, 2.45) is 0 Å². The third-order valence-corrected chi connectivity index (χ3v) is 7.30. The normalized spacial score (nSPS) is 21.1. The molecule has 0 bridgehead atoms. The minimum absolute atomic E-state index is 0.0731. The van der Waals surface area contributed by atoms with Crippen LogP contribution in [0.15, 0.2) is 30.5 Å². The predicted octanol–water partition coefficient (Wildman–Crippen LogP) is 2.09. The Kier molecular flexibility index (Phi) is 6.55. The maximum Gasteiger partial charge on any atom is 0.229 e. The van der Waals surface area contributed by atoms with Gasteiger partial charge < -0.3 is 24.8 Å². The first-order valence-electron chi connectivity index (χ1n) is 12.2. The number of anilines is 4. The lowest BCUT2D eigenvalue weighted by Gasteiger charge is -2.57. The molecule has 0 spiro atoms. The van der Waals surface area contributed by atoms with Gasteiger partial charge in [-0.25, -0.2) is 4.98 Å². The maximum absolute atomic E-state index is 9.52. The molecule has 3 fully saturated rings. The van der Waals surface area contributed by atoms with Gasteiger partial charge in [-0.15, -0.1) is 0 Å². The van der Waals surface area contributed by atoms with Crippen LogP contribution in [0.1, 0.15) is 12.0 Å². The molecule has 34 heavy (non-hydrogen) atoms. The number of hydrogen-bond acceptors (Lipinski definition) is 9. The number of aryl methyl sites for hydroxylation is 1. The second-order valence-corrected chi connectivity index (χ2v) is 9.68. The highest BCUT2D eigenvalue weighted by Gasteiger charge is 2.48. The van der Waals surface area contributed by atoms with E-state index >= 15 is 0 Å². The molecule has 0 amide bonds. The molecule has 3 saturated heterocycles. The Labute approximate surface area is 201 Å². The lowest BCUT2D eigenvalue weighted by atomic mass is 9.84. The van der Waals surface area contributed by atoms with Gasteiger partial charge in [-0.05, 0) is 38.2 Å². The number of benzene rings is 1. The smallest absolute Gasteiger partial charge is 0.229 e. The van der Waals surface area contributed by atoms with Crippen LogP contribution >= 0.6 is 0 Å². The fraction of sp³-hybridized carbons (Fsp3) is 0.560. The molecule has 9 heteroatoms. The highest BCUT2D eigenvalue weighted by Crippen LogP contribution is 2.36. The van der Waals surface area contributed by atoms with Crippen molar-refractivity contribution < 1.29 is 4.74 Å². The number of ether oxygens (including phenoxy) is 1. The van der Waals surface area contributed by atoms with Gasteiger partial charge in [0, 0.05) is 75.5 Å². The predicted molar refractivity (Wildman–Crippen MR) is 134 cm³/mol. The van der Waals surface area contributed by atoms with Gasteiger partial charge in [0.1, 0.15) is 5.82 Å². The van der Waals surface area contributed by atoms with E-state index in [1.54, 1.807) is 0 Å². The number of morpholine rings is 1. The third-order valence-electron chi connectivity index (χ3n) is 7.30. The van der Waals surface area contributed by atoms with E-state index in [1.807, 2.05) is 6.20 Å². The van der Waals surface area contributed by atoms with Crippen molar-refractivity contribution in [3.63, 3.8) is 0 Å². The van der Waals surface area contributed by atoms with Crippen molar-refractivity contribution in [2.45, 2.75) is 18.9 Å². The van der Waals surface area contributed by atoms with Crippen LogP contribution in [0.4, 0.5) is 23.1 Å². The summed E-state index contributed by atoms with van der Waals surface area (Å²) in [5.41, 5.74) is 3.15. The Balaban J connectivity index is 1.26. The first kappa shape index (κ1) is 22.8. The summed E-state index contributed by atoms with van der Waals surface area (Å²) in [6.07, 6.45) is 2.44. The Morgan fingerprint density at radius 1 is 1.03 bits per heavy atom. The summed E-state index contributed by atoms with van der Waals surface area (Å²) in [5, 5.41) is 12.9. The van der Waals surface area contributed by atoms with Crippen molar-refractivity contribution in [1.82, 2.24) is 19.8 Å². The molecule has 0 unspecified atom stereocenters. The number of aromatic nitrogens is 2. The van der Waals surface area contributed by atoms with Gasteiger partial charge in [-0.3, -0.25) is 4.90 Å². The van der Waals surface area contributed by atoms with Crippen molar-refractivity contribution >= 4 is 23.1 Å². The molecule has 5 rings (SSSR count). The van der Waals surface area contributed by atoms with E-state index in [0.29, 0.717) is 12.4 Å². The Bertz CT molecular complexity index is 1020. The molecule has 4 heterocycles. The van der Waals surface area contributed by atoms with Gasteiger partial charge in [0.05, 0.1) is 31.2 Å². The molecule has 1 N–H and O–H groups in total. The van der Waals surface area contributed by atoms with Gasteiger partial charge in [-0.1, -0.05) is 0 Å². The number of nitriles is 1. The first-order valence-corrected chi connectivity index (χ1v) is 12.2. The standard InChI is InChI=1S/C25H34N8O/c1-20-17-27-24(28-21-3-5-22(6-4-21)31-13-15-34-16-14-31)29-23(20)32-18-25(19-32,7-8-26)33-11-9-30(2)10-12-33/h3-6,17H,7,9-16,18-19H2,1-2H3,(H,27,28,29). The molecule has 0 radical (unpaired) electrons. The van der Waals surface area contributed by atoms with Gasteiger partial charge in [-0.2, -0.15) is 10.2 Å². The van der Waals surface area contributed by atoms with Crippen LogP contribution in [0.5, 0.6) is 0 Å². The van der Waals surface area contributed by atoms with Gasteiger partial charge in [0.25, 0.3) is 0 Å². The van der Waals surface area contributed by atoms with Crippen LogP contribution in [0.2, 0.25) is 0 Å². The van der Waals surface area contributed by atoms with E-state index in [-0.39, 0.29) is 5.54 Å². The molecule has 3 aliphatic rings. The second kappa shape index (κ2) is 9.74. The number of hydrogen-bond donors (Lipinski definition) is 1. The van der Waals surface area contributed by atoms with E-state index in [1.165, 1.54) is 5.69 Å². The van der Waals surface area contributed by atoms with Crippen LogP contribution in [0.25, 0.3) is 0 Å². The Hall–Kier alpha value is -2.93. The minimum atomic E-state index is -0.0731. The van der Waals surface area contributed by atoms with E-state index in [0.717, 1.165) is 82.6 Å². The monoisotopic (exact) mass is 462 g/mol. The number of likely N-dealkylation sites (N-methyl/N-ethyl adjacent to an activating group) is 1. The van der Waals surface area contributed by atoms with Gasteiger partial charge in [0.15, 0.2) is 0 Å². The van der Waals surface area contributed by atoms with E-state index in [9.17, 15) is 5.26 Å². The molecular weight excluding hydrogens is 428 g/mol. The largest absolute Gasteiger partial charge is 0.378 e. The van der Waals surface area contributed by atoms with Crippen molar-refractivity contribution in [2.75, 3.05) is 87.7 Å². The van der Waals surface area contributed by atoms with Crippen LogP contribution in [-0.2, 0) is 4.74 Å². The van der Waals surface area contributed by atoms with Crippen LogP contribution in [-0.4, -0.2) is 97.9 Å². The molecule has 3 aliphatic heterocycles. The summed E-state index contributed by atoms with van der Waals surface area (Å²) in [5.74, 6) is 1.54. The molecule has 0 atom stereocenters. The van der Waals surface area contributed by atoms with Crippen LogP contribution in [0.3, 0.4) is 0 Å². The SMILES string of the molecule is Cc1cnc(Nc2ccc(N3CCOCC3)cc2)nc1N1CC(CC#N)(N2CCN(C)CC2)C1. The molecular formula is C25H34N8O. The molecule has 2 aromatic rings. The fourth-order valence-electron chi connectivity index (χ4n) is 5.19. The summed E-state index contributed by atoms with van der Waals surface area (Å²) in [6, 6.07) is 10.8. The lowest BCUT2D eigenvalue weighted by molar-refractivity contribution is 0.0218. The van der Waals surface area contributed by atoms with E-state index in [2.05, 4.69) is 74.2 Å². The summed E-state index contributed by atoms with van der Waals surface area (Å²) in [7, 11) is 2.16. The van der Waals surface area contributed by atoms with Gasteiger partial charge in [0.2, 0.25) is 5.95 Å².